The predicted octanol–water partition coefficient (Wildman–Crippen LogP) is 1.62. The van der Waals surface area contributed by atoms with Crippen molar-refractivity contribution in [2.75, 3.05) is 18.1 Å². The second-order valence-corrected chi connectivity index (χ2v) is 6.27. The summed E-state index contributed by atoms with van der Waals surface area (Å²) in [7, 11) is 0. The number of benzene rings is 1. The minimum absolute atomic E-state index is 0.641. The van der Waals surface area contributed by atoms with E-state index in [4.69, 9.17) is 0 Å². The zero-order valence-corrected chi connectivity index (χ0v) is 12.1. The monoisotopic (exact) mass is 271 g/mol. The molecule has 0 aliphatic carbocycles. The second-order valence-electron chi connectivity index (χ2n) is 6.27. The van der Waals surface area contributed by atoms with Crippen LogP contribution in [0.3, 0.4) is 0 Å². The maximum absolute atomic E-state index is 4.36. The molecule has 2 aliphatic rings. The van der Waals surface area contributed by atoms with Crippen LogP contribution in [0.1, 0.15) is 26.7 Å². The Morgan fingerprint density at radius 3 is 2.50 bits per heavy atom. The summed E-state index contributed by atoms with van der Waals surface area (Å²) in [6.45, 7) is 6.74. The first-order chi connectivity index (χ1) is 9.74. The third-order valence-electron chi connectivity index (χ3n) is 4.72. The molecule has 1 aromatic carbocycles. The van der Waals surface area contributed by atoms with E-state index in [1.165, 1.54) is 12.8 Å². The normalized spacial score (nSPS) is 26.9. The van der Waals surface area contributed by atoms with Crippen molar-refractivity contribution in [3.8, 4) is 0 Å². The Kier molecular flexibility index (Phi) is 2.70. The van der Waals surface area contributed by atoms with Crippen molar-refractivity contribution in [1.82, 2.24) is 20.0 Å². The summed E-state index contributed by atoms with van der Waals surface area (Å²) in [4.78, 5) is 4.70. The maximum atomic E-state index is 4.36. The Morgan fingerprint density at radius 2 is 1.80 bits per heavy atom. The zero-order chi connectivity index (χ0) is 13.7. The van der Waals surface area contributed by atoms with E-state index in [1.54, 1.807) is 0 Å². The fourth-order valence-corrected chi connectivity index (χ4v) is 3.98. The van der Waals surface area contributed by atoms with Crippen LogP contribution < -0.4 is 5.01 Å². The Bertz CT molecular complexity index is 606. The Hall–Kier alpha value is -1.62. The largest absolute Gasteiger partial charge is 0.292 e. The predicted molar refractivity (Wildman–Crippen MR) is 79.3 cm³/mol. The van der Waals surface area contributed by atoms with Gasteiger partial charge in [0.05, 0.1) is 13.1 Å². The summed E-state index contributed by atoms with van der Waals surface area (Å²) >= 11 is 0. The first-order valence-electron chi connectivity index (χ1n) is 7.57. The molecule has 2 bridgehead atoms. The minimum atomic E-state index is 0.641. The molecule has 0 spiro atoms. The lowest BCUT2D eigenvalue weighted by Crippen LogP contribution is -2.59. The van der Waals surface area contributed by atoms with Crippen LogP contribution in [0.15, 0.2) is 24.3 Å². The zero-order valence-electron chi connectivity index (χ0n) is 12.1. The van der Waals surface area contributed by atoms with Crippen molar-refractivity contribution in [3.05, 3.63) is 24.3 Å². The van der Waals surface area contributed by atoms with Gasteiger partial charge >= 0.3 is 0 Å². The summed E-state index contributed by atoms with van der Waals surface area (Å²) < 4.78 is 0. The minimum Gasteiger partial charge on any atom is -0.292 e. The topological polar surface area (TPSA) is 37.2 Å². The van der Waals surface area contributed by atoms with E-state index in [9.17, 15) is 0 Å². The van der Waals surface area contributed by atoms with Crippen LogP contribution in [0.2, 0.25) is 0 Å². The molecule has 5 nitrogen and oxygen atoms in total. The Labute approximate surface area is 119 Å². The molecule has 2 atom stereocenters. The molecule has 2 fully saturated rings. The maximum Gasteiger partial charge on any atom is 0.115 e. The highest BCUT2D eigenvalue weighted by molar-refractivity contribution is 5.74. The van der Waals surface area contributed by atoms with Crippen LogP contribution in [0.5, 0.6) is 0 Å². The molecule has 20 heavy (non-hydrogen) atoms. The van der Waals surface area contributed by atoms with Crippen molar-refractivity contribution < 1.29 is 0 Å². The molecule has 0 N–H and O–H groups in total. The van der Waals surface area contributed by atoms with Gasteiger partial charge in [-0.25, -0.2) is 0 Å². The summed E-state index contributed by atoms with van der Waals surface area (Å²) in [6.07, 6.45) is 2.62. The average Bonchev–Trinajstić information content (AvgIpc) is 2.98. The molecule has 1 aromatic heterocycles. The average molecular weight is 271 g/mol. The second kappa shape index (κ2) is 4.45. The van der Waals surface area contributed by atoms with E-state index in [2.05, 4.69) is 46.2 Å². The van der Waals surface area contributed by atoms with Gasteiger partial charge in [-0.05, 0) is 44.0 Å². The highest BCUT2D eigenvalue weighted by atomic mass is 15.7. The number of fused-ring (bicyclic) bond motifs is 3. The van der Waals surface area contributed by atoms with Gasteiger partial charge in [0.15, 0.2) is 0 Å². The van der Waals surface area contributed by atoms with Gasteiger partial charge in [0, 0.05) is 18.1 Å². The molecule has 2 saturated heterocycles. The van der Waals surface area contributed by atoms with Crippen molar-refractivity contribution in [2.45, 2.75) is 44.8 Å². The van der Waals surface area contributed by atoms with Crippen molar-refractivity contribution >= 4 is 11.0 Å². The van der Waals surface area contributed by atoms with Crippen LogP contribution in [0.25, 0.3) is 11.0 Å². The van der Waals surface area contributed by atoms with E-state index in [0.29, 0.717) is 18.1 Å². The summed E-state index contributed by atoms with van der Waals surface area (Å²) in [5.41, 5.74) is 2.09. The first-order valence-corrected chi connectivity index (χ1v) is 7.57. The number of piperazine rings is 1. The molecule has 0 saturated carbocycles. The van der Waals surface area contributed by atoms with E-state index >= 15 is 0 Å². The molecule has 0 radical (unpaired) electrons. The summed E-state index contributed by atoms with van der Waals surface area (Å²) in [5, 5.41) is 11.0. The van der Waals surface area contributed by atoms with E-state index in [1.807, 2.05) is 16.9 Å². The summed E-state index contributed by atoms with van der Waals surface area (Å²) in [6, 6.07) is 10.2. The van der Waals surface area contributed by atoms with Gasteiger partial charge in [0.1, 0.15) is 11.0 Å². The number of aromatic nitrogens is 3. The van der Waals surface area contributed by atoms with E-state index < -0.39 is 0 Å². The Morgan fingerprint density at radius 1 is 1.10 bits per heavy atom. The van der Waals surface area contributed by atoms with Gasteiger partial charge in [-0.1, -0.05) is 12.1 Å². The lowest BCUT2D eigenvalue weighted by molar-refractivity contribution is 0.116. The highest BCUT2D eigenvalue weighted by Crippen LogP contribution is 2.31. The molecule has 4 rings (SSSR count). The number of hydrogen-bond donors (Lipinski definition) is 0. The lowest BCUT2D eigenvalue weighted by atomic mass is 10.1. The molecule has 2 unspecified atom stereocenters. The molecule has 0 amide bonds. The third-order valence-corrected chi connectivity index (χ3v) is 4.72. The fraction of sp³-hybridized carbons (Fsp3) is 0.600. The Balaban J connectivity index is 1.66. The van der Waals surface area contributed by atoms with E-state index in [-0.39, 0.29) is 0 Å². The molecule has 5 heteroatoms. The van der Waals surface area contributed by atoms with Gasteiger partial charge in [-0.2, -0.15) is 4.79 Å². The molecular formula is C15H21N5. The van der Waals surface area contributed by atoms with Gasteiger partial charge < -0.3 is 0 Å². The van der Waals surface area contributed by atoms with Gasteiger partial charge in [0.25, 0.3) is 0 Å². The van der Waals surface area contributed by atoms with Crippen molar-refractivity contribution in [1.29, 1.82) is 0 Å². The molecular weight excluding hydrogens is 250 g/mol. The highest BCUT2D eigenvalue weighted by Gasteiger charge is 2.41. The van der Waals surface area contributed by atoms with Crippen LogP contribution >= 0.6 is 0 Å². The summed E-state index contributed by atoms with van der Waals surface area (Å²) in [5.74, 6) is 0. The molecule has 3 heterocycles. The molecule has 2 aromatic rings. The van der Waals surface area contributed by atoms with Gasteiger partial charge in [0.2, 0.25) is 0 Å². The SMILES string of the molecule is CC(C)N1C2CCC1CN(n1nnc3ccccc31)C2. The molecule has 106 valence electrons. The fourth-order valence-electron chi connectivity index (χ4n) is 3.98. The number of hydrogen-bond acceptors (Lipinski definition) is 4. The molecule has 2 aliphatic heterocycles. The van der Waals surface area contributed by atoms with Crippen LogP contribution in [0, 0.1) is 0 Å². The van der Waals surface area contributed by atoms with Crippen LogP contribution in [0.4, 0.5) is 0 Å². The first kappa shape index (κ1) is 12.1. The van der Waals surface area contributed by atoms with Crippen LogP contribution in [-0.2, 0) is 0 Å². The van der Waals surface area contributed by atoms with Gasteiger partial charge in [-0.3, -0.25) is 9.91 Å². The van der Waals surface area contributed by atoms with Crippen LogP contribution in [-0.4, -0.2) is 51.2 Å². The van der Waals surface area contributed by atoms with Gasteiger partial charge in [-0.15, -0.1) is 5.10 Å². The smallest absolute Gasteiger partial charge is 0.115 e. The third kappa shape index (κ3) is 1.73. The standard InChI is InChI=1S/C15H21N5/c1-11(2)19-12-7-8-13(19)10-18(9-12)20-15-6-4-3-5-14(15)16-17-20/h3-6,11-13H,7-10H2,1-2H3. The van der Waals surface area contributed by atoms with Crippen molar-refractivity contribution in [2.24, 2.45) is 0 Å². The lowest BCUT2D eigenvalue weighted by Gasteiger charge is -2.43. The van der Waals surface area contributed by atoms with Crippen molar-refractivity contribution in [3.63, 3.8) is 0 Å². The number of para-hydroxylation sites is 1. The van der Waals surface area contributed by atoms with E-state index in [0.717, 1.165) is 24.1 Å². The number of nitrogens with zero attached hydrogens (tertiary/aromatic N) is 5. The quantitative estimate of drug-likeness (QED) is 0.832. The number of rotatable bonds is 2.